The van der Waals surface area contributed by atoms with Gasteiger partial charge in [0.05, 0.1) is 28.1 Å². The Morgan fingerprint density at radius 1 is 1.04 bits per heavy atom. The number of benzene rings is 2. The lowest BCUT2D eigenvalue weighted by atomic mass is 10.2. The molecule has 0 aliphatic rings. The number of para-hydroxylation sites is 3. The quantitative estimate of drug-likeness (QED) is 0.420. The number of imidazole rings is 2. The molecular formula is C18H12ClFN6O2. The number of nitrogens with one attached hydrogen (secondary N) is 4. The standard InChI is InChI=1S/C18H12ClFN6O2/c19-9-4-3-5-10(20)13(9)25-16(27)14-15(22-8-21-14)17(28)26-18-23-11-6-1-2-7-12(11)24-18/h1-8H,(H,21,22)(H,25,27)(H2,23,24,26,28). The van der Waals surface area contributed by atoms with E-state index in [0.717, 1.165) is 11.6 Å². The maximum atomic E-state index is 13.9. The SMILES string of the molecule is O=C(Nc1c(F)cccc1Cl)c1nc[nH]c1C(=O)Nc1nc2ccccc2[nH]1. The Morgan fingerprint density at radius 2 is 1.86 bits per heavy atom. The highest BCUT2D eigenvalue weighted by atomic mass is 35.5. The van der Waals surface area contributed by atoms with Crippen LogP contribution < -0.4 is 10.6 Å². The number of aromatic nitrogens is 4. The number of hydrogen-bond donors (Lipinski definition) is 4. The molecule has 0 saturated carbocycles. The van der Waals surface area contributed by atoms with E-state index in [-0.39, 0.29) is 28.0 Å². The summed E-state index contributed by atoms with van der Waals surface area (Å²) < 4.78 is 13.9. The summed E-state index contributed by atoms with van der Waals surface area (Å²) in [6, 6.07) is 11.2. The van der Waals surface area contributed by atoms with Crippen molar-refractivity contribution in [3.05, 3.63) is 71.0 Å². The van der Waals surface area contributed by atoms with Gasteiger partial charge in [-0.25, -0.2) is 14.4 Å². The van der Waals surface area contributed by atoms with Gasteiger partial charge in [-0.2, -0.15) is 0 Å². The van der Waals surface area contributed by atoms with E-state index in [9.17, 15) is 14.0 Å². The molecule has 10 heteroatoms. The van der Waals surface area contributed by atoms with Crippen molar-refractivity contribution < 1.29 is 14.0 Å². The molecule has 140 valence electrons. The average molecular weight is 399 g/mol. The first-order valence-corrected chi connectivity index (χ1v) is 8.45. The second-order valence-corrected chi connectivity index (χ2v) is 6.14. The van der Waals surface area contributed by atoms with E-state index in [2.05, 4.69) is 30.6 Å². The highest BCUT2D eigenvalue weighted by molar-refractivity contribution is 6.34. The van der Waals surface area contributed by atoms with Crippen LogP contribution in [0.15, 0.2) is 48.8 Å². The highest BCUT2D eigenvalue weighted by Gasteiger charge is 2.23. The van der Waals surface area contributed by atoms with Gasteiger partial charge in [0.25, 0.3) is 11.8 Å². The number of anilines is 2. The van der Waals surface area contributed by atoms with Crippen LogP contribution in [0.2, 0.25) is 5.02 Å². The fraction of sp³-hybridized carbons (Fsp3) is 0. The Kier molecular flexibility index (Phi) is 4.50. The number of halogens is 2. The first kappa shape index (κ1) is 17.7. The van der Waals surface area contributed by atoms with Gasteiger partial charge in [-0.1, -0.05) is 29.8 Å². The van der Waals surface area contributed by atoms with Crippen molar-refractivity contribution in [2.45, 2.75) is 0 Å². The first-order chi connectivity index (χ1) is 13.5. The molecule has 2 heterocycles. The topological polar surface area (TPSA) is 116 Å². The van der Waals surface area contributed by atoms with Crippen LogP contribution >= 0.6 is 11.6 Å². The van der Waals surface area contributed by atoms with Crippen molar-refractivity contribution in [1.29, 1.82) is 0 Å². The fourth-order valence-electron chi connectivity index (χ4n) is 2.61. The van der Waals surface area contributed by atoms with E-state index >= 15 is 0 Å². The minimum Gasteiger partial charge on any atom is -0.340 e. The smallest absolute Gasteiger partial charge is 0.276 e. The second-order valence-electron chi connectivity index (χ2n) is 5.73. The van der Waals surface area contributed by atoms with Gasteiger partial charge < -0.3 is 15.3 Å². The lowest BCUT2D eigenvalue weighted by Crippen LogP contribution is -2.21. The molecule has 8 nitrogen and oxygen atoms in total. The van der Waals surface area contributed by atoms with Crippen molar-refractivity contribution in [1.82, 2.24) is 19.9 Å². The maximum Gasteiger partial charge on any atom is 0.276 e. The summed E-state index contributed by atoms with van der Waals surface area (Å²) in [5.41, 5.74) is 0.906. The predicted octanol–water partition coefficient (Wildman–Crippen LogP) is 3.58. The Morgan fingerprint density at radius 3 is 2.64 bits per heavy atom. The van der Waals surface area contributed by atoms with Crippen molar-refractivity contribution in [2.24, 2.45) is 0 Å². The zero-order valence-electron chi connectivity index (χ0n) is 14.1. The number of rotatable bonds is 4. The van der Waals surface area contributed by atoms with Crippen LogP contribution in [-0.4, -0.2) is 31.8 Å². The van der Waals surface area contributed by atoms with Gasteiger partial charge >= 0.3 is 0 Å². The molecule has 0 atom stereocenters. The zero-order chi connectivity index (χ0) is 19.7. The lowest BCUT2D eigenvalue weighted by molar-refractivity contribution is 0.0985. The van der Waals surface area contributed by atoms with Crippen LogP contribution in [0.25, 0.3) is 11.0 Å². The highest BCUT2D eigenvalue weighted by Crippen LogP contribution is 2.25. The number of carbonyl (C=O) groups excluding carboxylic acids is 2. The van der Waals surface area contributed by atoms with Gasteiger partial charge in [0.1, 0.15) is 11.5 Å². The van der Waals surface area contributed by atoms with Crippen LogP contribution in [0.1, 0.15) is 21.0 Å². The van der Waals surface area contributed by atoms with Crippen molar-refractivity contribution >= 4 is 46.1 Å². The van der Waals surface area contributed by atoms with Gasteiger partial charge in [-0.15, -0.1) is 0 Å². The van der Waals surface area contributed by atoms with Gasteiger partial charge in [0, 0.05) is 0 Å². The Balaban J connectivity index is 1.56. The summed E-state index contributed by atoms with van der Waals surface area (Å²) >= 11 is 5.91. The Hall–Kier alpha value is -3.72. The van der Waals surface area contributed by atoms with E-state index in [1.165, 1.54) is 18.5 Å². The normalized spacial score (nSPS) is 10.8. The van der Waals surface area contributed by atoms with Crippen molar-refractivity contribution in [3.8, 4) is 0 Å². The lowest BCUT2D eigenvalue weighted by Gasteiger charge is -2.08. The molecule has 28 heavy (non-hydrogen) atoms. The summed E-state index contributed by atoms with van der Waals surface area (Å²) in [5.74, 6) is -1.92. The summed E-state index contributed by atoms with van der Waals surface area (Å²) in [4.78, 5) is 38.7. The minimum atomic E-state index is -0.789. The molecule has 0 bridgehead atoms. The second kappa shape index (κ2) is 7.12. The maximum absolute atomic E-state index is 13.9. The monoisotopic (exact) mass is 398 g/mol. The predicted molar refractivity (Wildman–Crippen MR) is 102 cm³/mol. The van der Waals surface area contributed by atoms with Crippen LogP contribution in [0.5, 0.6) is 0 Å². The molecule has 4 aromatic rings. The first-order valence-electron chi connectivity index (χ1n) is 8.08. The molecule has 0 unspecified atom stereocenters. The Labute approximate surface area is 162 Å². The number of fused-ring (bicyclic) bond motifs is 1. The van der Waals surface area contributed by atoms with Crippen molar-refractivity contribution in [3.63, 3.8) is 0 Å². The number of H-pyrrole nitrogens is 2. The Bertz CT molecular complexity index is 1150. The number of aromatic amines is 2. The molecule has 4 rings (SSSR count). The minimum absolute atomic E-state index is 0.0252. The molecule has 0 radical (unpaired) electrons. The molecule has 0 fully saturated rings. The number of nitrogens with zero attached hydrogens (tertiary/aromatic N) is 2. The van der Waals surface area contributed by atoms with Crippen molar-refractivity contribution in [2.75, 3.05) is 10.6 Å². The van der Waals surface area contributed by atoms with E-state index in [1.54, 1.807) is 6.07 Å². The van der Waals surface area contributed by atoms with E-state index in [1.807, 2.05) is 18.2 Å². The molecule has 2 aromatic carbocycles. The van der Waals surface area contributed by atoms with E-state index in [0.29, 0.717) is 5.52 Å². The molecule has 0 aliphatic heterocycles. The number of carbonyl (C=O) groups is 2. The van der Waals surface area contributed by atoms with Gasteiger partial charge in [-0.3, -0.25) is 14.9 Å². The number of hydrogen-bond acceptors (Lipinski definition) is 4. The third-order valence-corrected chi connectivity index (χ3v) is 4.22. The summed E-state index contributed by atoms with van der Waals surface area (Å²) in [5, 5.41) is 4.91. The van der Waals surface area contributed by atoms with Crippen LogP contribution in [0.3, 0.4) is 0 Å². The molecule has 0 spiro atoms. The van der Waals surface area contributed by atoms with Gasteiger partial charge in [-0.05, 0) is 24.3 Å². The average Bonchev–Trinajstić information content (AvgIpc) is 3.31. The van der Waals surface area contributed by atoms with Crippen LogP contribution in [-0.2, 0) is 0 Å². The van der Waals surface area contributed by atoms with Crippen LogP contribution in [0, 0.1) is 5.82 Å². The molecule has 2 aromatic heterocycles. The third kappa shape index (κ3) is 3.30. The summed E-state index contributed by atoms with van der Waals surface area (Å²) in [7, 11) is 0. The van der Waals surface area contributed by atoms with Crippen LogP contribution in [0.4, 0.5) is 16.0 Å². The third-order valence-electron chi connectivity index (χ3n) is 3.90. The summed E-state index contributed by atoms with van der Waals surface area (Å²) in [6.45, 7) is 0. The fourth-order valence-corrected chi connectivity index (χ4v) is 2.82. The van der Waals surface area contributed by atoms with Gasteiger partial charge in [0.15, 0.2) is 5.69 Å². The largest absolute Gasteiger partial charge is 0.340 e. The number of amides is 2. The molecule has 0 aliphatic carbocycles. The molecule has 2 amide bonds. The van der Waals surface area contributed by atoms with Gasteiger partial charge in [0.2, 0.25) is 5.95 Å². The zero-order valence-corrected chi connectivity index (χ0v) is 14.8. The van der Waals surface area contributed by atoms with E-state index in [4.69, 9.17) is 11.6 Å². The van der Waals surface area contributed by atoms with E-state index < -0.39 is 17.6 Å². The molecule has 4 N–H and O–H groups in total. The molecule has 0 saturated heterocycles. The summed E-state index contributed by atoms with van der Waals surface area (Å²) in [6.07, 6.45) is 1.19. The molecular weight excluding hydrogens is 387 g/mol.